The van der Waals surface area contributed by atoms with Crippen LogP contribution in [0.3, 0.4) is 0 Å². The molecular weight excluding hydrogens is 498 g/mol. The van der Waals surface area contributed by atoms with Crippen LogP contribution in [0.4, 0.5) is 5.13 Å². The van der Waals surface area contributed by atoms with Crippen molar-refractivity contribution in [1.82, 2.24) is 29.6 Å². The smallest absolute Gasteiger partial charge is 0.352 e. The molecule has 0 unspecified atom stereocenters. The molecule has 35 heavy (non-hydrogen) atoms. The number of carboxylic acid groups (broad SMARTS) is 1. The molecular formula is C19H20N9O5S2+. The fraction of sp³-hybridized carbons (Fsp3) is 0.368. The fourth-order valence-electron chi connectivity index (χ4n) is 4.16. The summed E-state index contributed by atoms with van der Waals surface area (Å²) in [6.45, 7) is 1.54. The lowest BCUT2D eigenvalue weighted by molar-refractivity contribution is -0.758. The number of amides is 2. The minimum Gasteiger partial charge on any atom is -0.477 e. The zero-order chi connectivity index (χ0) is 24.7. The largest absolute Gasteiger partial charge is 0.477 e. The molecule has 182 valence electrons. The lowest BCUT2D eigenvalue weighted by atomic mass is 10.0. The van der Waals surface area contributed by atoms with Crippen molar-refractivity contribution >= 4 is 51.9 Å². The Hall–Kier alpha value is -3.63. The third-order valence-electron chi connectivity index (χ3n) is 5.63. The van der Waals surface area contributed by atoms with Crippen LogP contribution >= 0.6 is 23.3 Å². The SMILES string of the molecule is CO/N=C(/C(=O)N[C@@H]1C(=O)N2C(C(=O)O)=C(CN3Cc4cccn[n+]4C3)CS[C@@H]12)c1nsc(N)n1. The Morgan fingerprint density at radius 1 is 1.46 bits per heavy atom. The topological polar surface area (TPSA) is 180 Å². The van der Waals surface area contributed by atoms with Crippen molar-refractivity contribution in [2.75, 3.05) is 25.1 Å². The second-order valence-corrected chi connectivity index (χ2v) is 9.73. The third kappa shape index (κ3) is 4.19. The molecule has 0 aromatic carbocycles. The minimum absolute atomic E-state index is 0.0286. The second kappa shape index (κ2) is 9.20. The van der Waals surface area contributed by atoms with Crippen molar-refractivity contribution in [2.24, 2.45) is 5.16 Å². The van der Waals surface area contributed by atoms with Crippen molar-refractivity contribution in [1.29, 1.82) is 0 Å². The number of carboxylic acids is 1. The number of nitrogens with zero attached hydrogens (tertiary/aromatic N) is 7. The van der Waals surface area contributed by atoms with Crippen molar-refractivity contribution in [3.8, 4) is 0 Å². The summed E-state index contributed by atoms with van der Waals surface area (Å²) in [6.07, 6.45) is 1.70. The molecule has 0 saturated carbocycles. The molecule has 0 spiro atoms. The molecule has 0 aliphatic carbocycles. The maximum absolute atomic E-state index is 13.0. The van der Waals surface area contributed by atoms with Crippen LogP contribution in [0.1, 0.15) is 11.5 Å². The van der Waals surface area contributed by atoms with Gasteiger partial charge in [-0.05, 0) is 16.7 Å². The Balaban J connectivity index is 1.31. The number of carbonyl (C=O) groups is 3. The van der Waals surface area contributed by atoms with Crippen LogP contribution in [0.5, 0.6) is 0 Å². The highest BCUT2D eigenvalue weighted by molar-refractivity contribution is 8.00. The molecule has 16 heteroatoms. The number of nitrogens with two attached hydrogens (primary N) is 1. The van der Waals surface area contributed by atoms with Gasteiger partial charge in [-0.25, -0.2) is 9.69 Å². The predicted octanol–water partition coefficient (Wildman–Crippen LogP) is -1.63. The summed E-state index contributed by atoms with van der Waals surface area (Å²) in [4.78, 5) is 49.9. The average Bonchev–Trinajstić information content (AvgIpc) is 3.45. The maximum atomic E-state index is 13.0. The first-order valence-electron chi connectivity index (χ1n) is 10.3. The van der Waals surface area contributed by atoms with Crippen molar-refractivity contribution in [2.45, 2.75) is 24.6 Å². The van der Waals surface area contributed by atoms with Crippen LogP contribution in [-0.2, 0) is 32.4 Å². The van der Waals surface area contributed by atoms with Gasteiger partial charge < -0.3 is 21.0 Å². The Labute approximate surface area is 206 Å². The Kier molecular flexibility index (Phi) is 6.08. The average molecular weight is 519 g/mol. The monoisotopic (exact) mass is 518 g/mol. The van der Waals surface area contributed by atoms with Gasteiger partial charge in [0.15, 0.2) is 5.13 Å². The second-order valence-electron chi connectivity index (χ2n) is 7.84. The number of carbonyl (C=O) groups excluding carboxylic acids is 2. The van der Waals surface area contributed by atoms with Gasteiger partial charge in [0, 0.05) is 29.9 Å². The summed E-state index contributed by atoms with van der Waals surface area (Å²) in [5.74, 6) is -2.06. The molecule has 2 aromatic rings. The van der Waals surface area contributed by atoms with Gasteiger partial charge in [-0.15, -0.1) is 11.8 Å². The van der Waals surface area contributed by atoms with Gasteiger partial charge >= 0.3 is 5.97 Å². The number of β-lactam (4-membered cyclic amide) rings is 1. The van der Waals surface area contributed by atoms with Crippen molar-refractivity contribution < 1.29 is 29.0 Å². The van der Waals surface area contributed by atoms with Gasteiger partial charge in [-0.3, -0.25) is 14.5 Å². The van der Waals surface area contributed by atoms with Crippen LogP contribution < -0.4 is 15.7 Å². The summed E-state index contributed by atoms with van der Waals surface area (Å²) in [6, 6.07) is 2.89. The molecule has 2 atom stereocenters. The quantitative estimate of drug-likeness (QED) is 0.166. The molecule has 0 radical (unpaired) electrons. The van der Waals surface area contributed by atoms with Gasteiger partial charge in [0.05, 0.1) is 12.7 Å². The number of thioether (sulfide) groups is 1. The molecule has 4 N–H and O–H groups in total. The number of fused-ring (bicyclic) bond motifs is 2. The van der Waals surface area contributed by atoms with Crippen LogP contribution in [0.15, 0.2) is 34.8 Å². The third-order valence-corrected chi connectivity index (χ3v) is 7.52. The normalized spacial score (nSPS) is 21.9. The standard InChI is InChI=1S/C19H19N9O5S2/c1-33-24-11(14-23-19(20)35-25-14)15(29)22-12-16(30)28-13(18(31)32)9(7-34-17(12)28)5-26-6-10-3-2-4-21-27(10)8-26/h2-4,12,17H,5-8H2,1H3,(H3-,20,22,23,25,29,31,32)/p+1/b24-11+/t12-,17+/m1/s1. The molecule has 1 saturated heterocycles. The molecule has 14 nitrogen and oxygen atoms in total. The first-order valence-corrected chi connectivity index (χ1v) is 12.2. The highest BCUT2D eigenvalue weighted by Gasteiger charge is 2.54. The van der Waals surface area contributed by atoms with E-state index in [9.17, 15) is 19.5 Å². The summed E-state index contributed by atoms with van der Waals surface area (Å²) in [5.41, 5.74) is 6.97. The summed E-state index contributed by atoms with van der Waals surface area (Å²) < 4.78 is 5.81. The number of nitrogen functional groups attached to an aromatic ring is 1. The highest BCUT2D eigenvalue weighted by Crippen LogP contribution is 2.40. The van der Waals surface area contributed by atoms with Gasteiger partial charge in [-0.1, -0.05) is 9.84 Å². The molecule has 1 fully saturated rings. The predicted molar refractivity (Wildman–Crippen MR) is 122 cm³/mol. The fourth-order valence-corrected chi connectivity index (χ4v) is 5.93. The number of anilines is 1. The van der Waals surface area contributed by atoms with E-state index in [2.05, 4.69) is 29.8 Å². The van der Waals surface area contributed by atoms with E-state index in [4.69, 9.17) is 10.6 Å². The lowest BCUT2D eigenvalue weighted by Crippen LogP contribution is -2.71. The number of aromatic nitrogens is 4. The summed E-state index contributed by atoms with van der Waals surface area (Å²) in [7, 11) is 1.26. The number of oxime groups is 1. The van der Waals surface area contributed by atoms with E-state index < -0.39 is 29.2 Å². The van der Waals surface area contributed by atoms with E-state index in [-0.39, 0.29) is 22.4 Å². The van der Waals surface area contributed by atoms with Crippen LogP contribution in [0, 0.1) is 0 Å². The first-order chi connectivity index (χ1) is 16.9. The lowest BCUT2D eigenvalue weighted by Gasteiger charge is -2.49. The molecule has 0 bridgehead atoms. The van der Waals surface area contributed by atoms with Gasteiger partial charge in [-0.2, -0.15) is 9.36 Å². The van der Waals surface area contributed by atoms with Crippen LogP contribution in [-0.4, -0.2) is 83.7 Å². The number of hydrogen-bond acceptors (Lipinski definition) is 12. The van der Waals surface area contributed by atoms with Gasteiger partial charge in [0.1, 0.15) is 24.2 Å². The zero-order valence-corrected chi connectivity index (χ0v) is 20.0. The first kappa shape index (κ1) is 23.1. The van der Waals surface area contributed by atoms with Gasteiger partial charge in [0.2, 0.25) is 23.9 Å². The molecule has 2 amide bonds. The Morgan fingerprint density at radius 3 is 2.97 bits per heavy atom. The van der Waals surface area contributed by atoms with E-state index in [0.717, 1.165) is 17.2 Å². The van der Waals surface area contributed by atoms with E-state index in [1.165, 1.54) is 23.8 Å². The summed E-state index contributed by atoms with van der Waals surface area (Å²) in [5, 5.41) is 20.1. The van der Waals surface area contributed by atoms with Crippen molar-refractivity contribution in [3.63, 3.8) is 0 Å². The minimum atomic E-state index is -1.19. The van der Waals surface area contributed by atoms with E-state index in [0.29, 0.717) is 31.1 Å². The Bertz CT molecular complexity index is 1250. The van der Waals surface area contributed by atoms with E-state index in [1.54, 1.807) is 6.20 Å². The molecule has 5 rings (SSSR count). The molecule has 3 aliphatic rings. The molecule has 5 heterocycles. The number of hydrogen-bond donors (Lipinski definition) is 3. The van der Waals surface area contributed by atoms with E-state index >= 15 is 0 Å². The van der Waals surface area contributed by atoms with E-state index in [1.807, 2.05) is 16.8 Å². The van der Waals surface area contributed by atoms with Gasteiger partial charge in [0.25, 0.3) is 11.8 Å². The zero-order valence-electron chi connectivity index (χ0n) is 18.3. The van der Waals surface area contributed by atoms with Crippen LogP contribution in [0.2, 0.25) is 0 Å². The maximum Gasteiger partial charge on any atom is 0.352 e. The molecule has 3 aliphatic heterocycles. The Morgan fingerprint density at radius 2 is 2.29 bits per heavy atom. The summed E-state index contributed by atoms with van der Waals surface area (Å²) >= 11 is 2.27. The number of nitrogens with one attached hydrogen (secondary N) is 1. The number of rotatable bonds is 7. The molecule has 2 aromatic heterocycles. The highest BCUT2D eigenvalue weighted by atomic mass is 32.2. The number of aliphatic carboxylic acids is 1. The van der Waals surface area contributed by atoms with Crippen molar-refractivity contribution in [3.05, 3.63) is 41.1 Å². The van der Waals surface area contributed by atoms with Crippen LogP contribution in [0.25, 0.3) is 0 Å².